The van der Waals surface area contributed by atoms with Gasteiger partial charge in [0.1, 0.15) is 5.75 Å². The maximum atomic E-state index is 11.8. The number of hydrogen-bond donors (Lipinski definition) is 1. The molecule has 8 nitrogen and oxygen atoms in total. The minimum absolute atomic E-state index is 0.0810. The Kier molecular flexibility index (Phi) is 6.98. The number of ether oxygens (including phenoxy) is 2. The van der Waals surface area contributed by atoms with Crippen molar-refractivity contribution in [1.29, 1.82) is 0 Å². The van der Waals surface area contributed by atoms with Crippen molar-refractivity contribution in [3.8, 4) is 5.75 Å². The molecule has 2 rings (SSSR count). The number of carbonyl (C=O) groups is 2. The molecule has 0 aliphatic rings. The summed E-state index contributed by atoms with van der Waals surface area (Å²) in [6.45, 7) is -0.442. The molecule has 0 fully saturated rings. The van der Waals surface area contributed by atoms with E-state index in [0.717, 1.165) is 11.8 Å². The zero-order valence-corrected chi connectivity index (χ0v) is 14.7. The van der Waals surface area contributed by atoms with Crippen molar-refractivity contribution < 1.29 is 24.0 Å². The fraction of sp³-hybridized carbons (Fsp3) is 0.176. The Morgan fingerprint density at radius 3 is 2.50 bits per heavy atom. The molecule has 1 amide bonds. The molecule has 0 radical (unpaired) electrons. The van der Waals surface area contributed by atoms with E-state index in [0.29, 0.717) is 16.3 Å². The second-order valence-corrected chi connectivity index (χ2v) is 5.97. The van der Waals surface area contributed by atoms with Crippen LogP contribution in [0.5, 0.6) is 5.75 Å². The molecule has 0 saturated carbocycles. The topological polar surface area (TPSA) is 108 Å². The molecular weight excluding hydrogens is 360 g/mol. The van der Waals surface area contributed by atoms with E-state index in [-0.39, 0.29) is 11.4 Å². The predicted octanol–water partition coefficient (Wildman–Crippen LogP) is 2.88. The van der Waals surface area contributed by atoms with Gasteiger partial charge in [-0.25, -0.2) is 0 Å². The molecule has 26 heavy (non-hydrogen) atoms. The van der Waals surface area contributed by atoms with Crippen LogP contribution in [0.3, 0.4) is 0 Å². The second-order valence-electron chi connectivity index (χ2n) is 4.95. The van der Waals surface area contributed by atoms with Gasteiger partial charge in [0.2, 0.25) is 0 Å². The lowest BCUT2D eigenvalue weighted by Gasteiger charge is -2.07. The highest BCUT2D eigenvalue weighted by Crippen LogP contribution is 2.28. The summed E-state index contributed by atoms with van der Waals surface area (Å²) in [5, 5.41) is 13.5. The second kappa shape index (κ2) is 9.42. The fourth-order valence-corrected chi connectivity index (χ4v) is 2.75. The van der Waals surface area contributed by atoms with Gasteiger partial charge < -0.3 is 14.8 Å². The van der Waals surface area contributed by atoms with E-state index in [1.807, 2.05) is 0 Å². The van der Waals surface area contributed by atoms with Gasteiger partial charge in [-0.05, 0) is 30.3 Å². The van der Waals surface area contributed by atoms with Crippen molar-refractivity contribution in [2.24, 2.45) is 0 Å². The van der Waals surface area contributed by atoms with Gasteiger partial charge in [-0.1, -0.05) is 12.1 Å². The Morgan fingerprint density at radius 2 is 1.85 bits per heavy atom. The van der Waals surface area contributed by atoms with Gasteiger partial charge in [-0.15, -0.1) is 11.8 Å². The average Bonchev–Trinajstić information content (AvgIpc) is 2.65. The lowest BCUT2D eigenvalue weighted by atomic mass is 10.3. The van der Waals surface area contributed by atoms with Gasteiger partial charge in [0.25, 0.3) is 11.6 Å². The Labute approximate surface area is 153 Å². The van der Waals surface area contributed by atoms with Crippen LogP contribution in [0.2, 0.25) is 0 Å². The highest BCUT2D eigenvalue weighted by atomic mass is 32.2. The fourth-order valence-electron chi connectivity index (χ4n) is 1.93. The Hall–Kier alpha value is -3.07. The molecular formula is C17H16N2O6S. The van der Waals surface area contributed by atoms with Crippen LogP contribution in [-0.4, -0.2) is 36.3 Å². The van der Waals surface area contributed by atoms with Crippen LogP contribution in [0, 0.1) is 10.1 Å². The summed E-state index contributed by atoms with van der Waals surface area (Å²) in [6.07, 6.45) is 0. The molecule has 0 aliphatic heterocycles. The van der Waals surface area contributed by atoms with Crippen LogP contribution in [-0.2, 0) is 14.3 Å². The monoisotopic (exact) mass is 376 g/mol. The zero-order chi connectivity index (χ0) is 18.9. The largest absolute Gasteiger partial charge is 0.497 e. The average molecular weight is 376 g/mol. The quantitative estimate of drug-likeness (QED) is 0.327. The minimum atomic E-state index is -0.641. The molecule has 0 bridgehead atoms. The van der Waals surface area contributed by atoms with Crippen LogP contribution in [0.15, 0.2) is 53.4 Å². The van der Waals surface area contributed by atoms with Gasteiger partial charge in [0.15, 0.2) is 6.61 Å². The molecule has 0 unspecified atom stereocenters. The smallest absolute Gasteiger partial charge is 0.316 e. The summed E-state index contributed by atoms with van der Waals surface area (Å²) in [5.74, 6) is -0.612. The van der Waals surface area contributed by atoms with Crippen molar-refractivity contribution in [2.75, 3.05) is 24.8 Å². The summed E-state index contributed by atoms with van der Waals surface area (Å²) in [5.41, 5.74) is 0.462. The van der Waals surface area contributed by atoms with Gasteiger partial charge in [0, 0.05) is 11.8 Å². The van der Waals surface area contributed by atoms with Crippen molar-refractivity contribution >= 4 is 35.0 Å². The van der Waals surface area contributed by atoms with Gasteiger partial charge >= 0.3 is 5.97 Å². The standard InChI is InChI=1S/C17H16N2O6S/c1-24-13-8-6-12(7-9-13)18-16(20)10-25-17(21)11-26-15-5-3-2-4-14(15)19(22)23/h2-9H,10-11H2,1H3,(H,18,20). The molecule has 0 aromatic heterocycles. The predicted molar refractivity (Wildman–Crippen MR) is 96.4 cm³/mol. The van der Waals surface area contributed by atoms with Crippen LogP contribution in [0.4, 0.5) is 11.4 Å². The number of para-hydroxylation sites is 1. The molecule has 0 aliphatic carbocycles. The molecule has 2 aromatic carbocycles. The van der Waals surface area contributed by atoms with Gasteiger partial charge in [0.05, 0.1) is 22.7 Å². The van der Waals surface area contributed by atoms with E-state index in [2.05, 4.69) is 5.32 Å². The molecule has 0 heterocycles. The summed E-state index contributed by atoms with van der Waals surface area (Å²) in [4.78, 5) is 34.3. The van der Waals surface area contributed by atoms with E-state index in [1.54, 1.807) is 42.5 Å². The Bertz CT molecular complexity index is 794. The minimum Gasteiger partial charge on any atom is -0.497 e. The maximum absolute atomic E-state index is 11.8. The van der Waals surface area contributed by atoms with E-state index < -0.39 is 23.4 Å². The number of thioether (sulfide) groups is 1. The van der Waals surface area contributed by atoms with Crippen molar-refractivity contribution in [2.45, 2.75) is 4.90 Å². The summed E-state index contributed by atoms with van der Waals surface area (Å²) in [6, 6.07) is 12.8. The third-order valence-corrected chi connectivity index (χ3v) is 4.18. The van der Waals surface area contributed by atoms with Crippen LogP contribution in [0.1, 0.15) is 0 Å². The number of nitrogens with one attached hydrogen (secondary N) is 1. The third kappa shape index (κ3) is 5.78. The van der Waals surface area contributed by atoms with Crippen LogP contribution >= 0.6 is 11.8 Å². The molecule has 1 N–H and O–H groups in total. The normalized spacial score (nSPS) is 10.0. The third-order valence-electron chi connectivity index (χ3n) is 3.15. The number of carbonyl (C=O) groups excluding carboxylic acids is 2. The number of hydrogen-bond acceptors (Lipinski definition) is 7. The molecule has 9 heteroatoms. The summed E-state index contributed by atoms with van der Waals surface area (Å²) < 4.78 is 9.89. The molecule has 136 valence electrons. The van der Waals surface area contributed by atoms with E-state index in [1.165, 1.54) is 13.2 Å². The summed E-state index contributed by atoms with van der Waals surface area (Å²) >= 11 is 0.981. The number of methoxy groups -OCH3 is 1. The number of esters is 1. The molecule has 0 saturated heterocycles. The van der Waals surface area contributed by atoms with E-state index in [9.17, 15) is 19.7 Å². The first-order valence-electron chi connectivity index (χ1n) is 7.45. The zero-order valence-electron chi connectivity index (χ0n) is 13.8. The number of nitro groups is 1. The number of anilines is 1. The number of benzene rings is 2. The number of nitrogens with zero attached hydrogens (tertiary/aromatic N) is 1. The number of amides is 1. The summed E-state index contributed by atoms with van der Waals surface area (Å²) in [7, 11) is 1.54. The highest BCUT2D eigenvalue weighted by molar-refractivity contribution is 8.00. The Balaban J connectivity index is 1.77. The first-order chi connectivity index (χ1) is 12.5. The lowest BCUT2D eigenvalue weighted by molar-refractivity contribution is -0.387. The first-order valence-corrected chi connectivity index (χ1v) is 8.44. The van der Waals surface area contributed by atoms with Gasteiger partial charge in [-0.2, -0.15) is 0 Å². The lowest BCUT2D eigenvalue weighted by Crippen LogP contribution is -2.21. The molecule has 0 atom stereocenters. The number of nitro benzene ring substituents is 1. The van der Waals surface area contributed by atoms with Crippen molar-refractivity contribution in [3.63, 3.8) is 0 Å². The van der Waals surface area contributed by atoms with Crippen molar-refractivity contribution in [3.05, 3.63) is 58.6 Å². The first kappa shape index (κ1) is 19.3. The van der Waals surface area contributed by atoms with Crippen LogP contribution in [0.25, 0.3) is 0 Å². The van der Waals surface area contributed by atoms with Crippen LogP contribution < -0.4 is 10.1 Å². The van der Waals surface area contributed by atoms with E-state index in [4.69, 9.17) is 9.47 Å². The molecule has 0 spiro atoms. The van der Waals surface area contributed by atoms with Crippen molar-refractivity contribution in [1.82, 2.24) is 0 Å². The van der Waals surface area contributed by atoms with Gasteiger partial charge in [-0.3, -0.25) is 19.7 Å². The maximum Gasteiger partial charge on any atom is 0.316 e. The SMILES string of the molecule is COc1ccc(NC(=O)COC(=O)CSc2ccccc2[N+](=O)[O-])cc1. The Morgan fingerprint density at radius 1 is 1.15 bits per heavy atom. The highest BCUT2D eigenvalue weighted by Gasteiger charge is 2.15. The molecule has 2 aromatic rings. The van der Waals surface area contributed by atoms with E-state index >= 15 is 0 Å². The number of rotatable bonds is 8.